The highest BCUT2D eigenvalue weighted by molar-refractivity contribution is 6.87. The van der Waals surface area contributed by atoms with E-state index in [1.54, 1.807) is 0 Å². The highest BCUT2D eigenvalue weighted by Crippen LogP contribution is 2.33. The monoisotopic (exact) mass is 334 g/mol. The minimum Gasteiger partial charge on any atom is -0.425 e. The summed E-state index contributed by atoms with van der Waals surface area (Å²) >= 11 is 0. The van der Waals surface area contributed by atoms with Crippen LogP contribution in [-0.4, -0.2) is 16.6 Å². The van der Waals surface area contributed by atoms with Crippen molar-refractivity contribution in [3.05, 3.63) is 54.6 Å². The van der Waals surface area contributed by atoms with Crippen molar-refractivity contribution in [1.29, 1.82) is 0 Å². The van der Waals surface area contributed by atoms with Crippen LogP contribution in [0.3, 0.4) is 0 Å². The van der Waals surface area contributed by atoms with Crippen LogP contribution in [-0.2, 0) is 0 Å². The van der Waals surface area contributed by atoms with Gasteiger partial charge >= 0.3 is 0 Å². The first-order valence-corrected chi connectivity index (χ1v) is 9.96. The van der Waals surface area contributed by atoms with Gasteiger partial charge in [0.05, 0.1) is 11.4 Å². The second kappa shape index (κ2) is 7.90. The van der Waals surface area contributed by atoms with Crippen LogP contribution in [0.4, 0.5) is 11.4 Å². The molecule has 2 nitrogen and oxygen atoms in total. The molecule has 0 fully saturated rings. The molecule has 3 heteroatoms. The summed E-state index contributed by atoms with van der Waals surface area (Å²) in [6.07, 6.45) is 6.73. The van der Waals surface area contributed by atoms with Crippen LogP contribution in [0.5, 0.6) is 0 Å². The Hall–Kier alpha value is -2.03. The fourth-order valence-corrected chi connectivity index (χ4v) is 4.71. The van der Waals surface area contributed by atoms with E-state index in [2.05, 4.69) is 85.2 Å². The van der Waals surface area contributed by atoms with E-state index >= 15 is 0 Å². The lowest BCUT2D eigenvalue weighted by Crippen LogP contribution is -2.61. The lowest BCUT2D eigenvalue weighted by Gasteiger charge is -2.45. The zero-order chi connectivity index (χ0) is 17.7. The third-order valence-corrected chi connectivity index (χ3v) is 5.82. The molecule has 0 unspecified atom stereocenters. The largest absolute Gasteiger partial charge is 0.425 e. The molecular weight excluding hydrogens is 303 g/mol. The quantitative estimate of drug-likeness (QED) is 0.649. The third-order valence-electron chi connectivity index (χ3n) is 5.82. The summed E-state index contributed by atoms with van der Waals surface area (Å²) in [6.45, 7) is 6.84. The predicted octanol–water partition coefficient (Wildman–Crippen LogP) is 5.63. The molecule has 25 heavy (non-hydrogen) atoms. The molecule has 1 N–H and O–H groups in total. The van der Waals surface area contributed by atoms with Gasteiger partial charge in [0, 0.05) is 6.92 Å². The van der Waals surface area contributed by atoms with Crippen molar-refractivity contribution < 1.29 is 4.49 Å². The molecule has 0 aliphatic carbocycles. The summed E-state index contributed by atoms with van der Waals surface area (Å²) in [5.74, 6) is 1.26. The molecule has 0 saturated heterocycles. The molecule has 2 aromatic rings. The van der Waals surface area contributed by atoms with E-state index < -0.39 is 6.28 Å². The van der Waals surface area contributed by atoms with E-state index in [1.807, 2.05) is 0 Å². The number of anilines is 1. The van der Waals surface area contributed by atoms with Crippen molar-refractivity contribution in [3.63, 3.8) is 0 Å². The molecule has 0 spiro atoms. The van der Waals surface area contributed by atoms with E-state index in [-0.39, 0.29) is 0 Å². The topological polar surface area (TPSA) is 15.0 Å². The van der Waals surface area contributed by atoms with Gasteiger partial charge < -0.3 is 4.49 Å². The summed E-state index contributed by atoms with van der Waals surface area (Å²) < 4.78 is 2.63. The Morgan fingerprint density at radius 2 is 1.44 bits per heavy atom. The second-order valence-corrected chi connectivity index (χ2v) is 7.48. The lowest BCUT2D eigenvalue weighted by molar-refractivity contribution is -0.298. The summed E-state index contributed by atoms with van der Waals surface area (Å²) in [4.78, 5) is 0. The highest BCUT2D eigenvalue weighted by Gasteiger charge is 2.41. The highest BCUT2D eigenvalue weighted by atomic mass is 15.1. The molecule has 0 radical (unpaired) electrons. The number of unbranched alkanes of at least 4 members (excludes halogenated alkanes) is 2. The van der Waals surface area contributed by atoms with Crippen molar-refractivity contribution in [2.45, 2.75) is 59.1 Å². The number of nitrogens with zero attached hydrogens (tertiary/aromatic N) is 1. The van der Waals surface area contributed by atoms with E-state index in [4.69, 9.17) is 0 Å². The van der Waals surface area contributed by atoms with Crippen molar-refractivity contribution in [2.24, 2.45) is 0 Å². The molecule has 2 aromatic carbocycles. The van der Waals surface area contributed by atoms with Crippen LogP contribution in [0, 0.1) is 0 Å². The minimum absolute atomic E-state index is 0.808. The molecule has 0 bridgehead atoms. The first kappa shape index (κ1) is 17.8. The lowest BCUT2D eigenvalue weighted by atomic mass is 9.25. The summed E-state index contributed by atoms with van der Waals surface area (Å²) in [5.41, 5.74) is 4.13. The Labute approximate surface area is 152 Å². The zero-order valence-electron chi connectivity index (χ0n) is 16.0. The molecule has 0 atom stereocenters. The van der Waals surface area contributed by atoms with Crippen molar-refractivity contribution >= 4 is 29.0 Å². The molecule has 132 valence electrons. The van der Waals surface area contributed by atoms with Gasteiger partial charge in [-0.05, 0) is 18.2 Å². The molecule has 1 aliphatic heterocycles. The number of amidine groups is 1. The Kier molecular flexibility index (Phi) is 5.62. The van der Waals surface area contributed by atoms with Crippen molar-refractivity contribution in [1.82, 2.24) is 0 Å². The number of nitrogens with one attached hydrogen (secondary N) is 1. The van der Waals surface area contributed by atoms with Crippen LogP contribution in [0.25, 0.3) is 0 Å². The minimum atomic E-state index is -0.808. The normalized spacial score (nSPS) is 15.6. The molecule has 3 rings (SSSR count). The summed E-state index contributed by atoms with van der Waals surface area (Å²) in [5, 5.41) is 3.67. The second-order valence-electron chi connectivity index (χ2n) is 7.48. The van der Waals surface area contributed by atoms with Crippen LogP contribution in [0.2, 0.25) is 12.6 Å². The first-order valence-electron chi connectivity index (χ1n) is 9.96. The van der Waals surface area contributed by atoms with Gasteiger partial charge in [0.1, 0.15) is 0 Å². The number of hydrogen-bond donors (Lipinski definition) is 1. The Morgan fingerprint density at radius 1 is 0.840 bits per heavy atom. The number of hydrogen-bond acceptors (Lipinski definition) is 1. The fourth-order valence-electron chi connectivity index (χ4n) is 4.71. The first-order chi connectivity index (χ1) is 12.2. The maximum Gasteiger partial charge on any atom is 0.222 e. The summed E-state index contributed by atoms with van der Waals surface area (Å²) in [6, 6.07) is 19.9. The van der Waals surface area contributed by atoms with Gasteiger partial charge in [-0.3, -0.25) is 5.32 Å². The SMILES string of the molecule is CCCC[B-]1(CCCC)c2ccccc2NC(C)=[N+]1c1ccccc1. The molecule has 0 aromatic heterocycles. The Balaban J connectivity index is 2.21. The van der Waals surface area contributed by atoms with Crippen LogP contribution in [0.1, 0.15) is 46.5 Å². The smallest absolute Gasteiger partial charge is 0.222 e. The van der Waals surface area contributed by atoms with Gasteiger partial charge in [0.2, 0.25) is 12.1 Å². The van der Waals surface area contributed by atoms with Gasteiger partial charge in [-0.25, -0.2) is 0 Å². The predicted molar refractivity (Wildman–Crippen MR) is 112 cm³/mol. The Morgan fingerprint density at radius 3 is 2.08 bits per heavy atom. The van der Waals surface area contributed by atoms with E-state index in [0.717, 1.165) is 0 Å². The number of rotatable bonds is 7. The van der Waals surface area contributed by atoms with Gasteiger partial charge in [-0.2, -0.15) is 0 Å². The Bertz CT molecular complexity index is 729. The molecule has 0 amide bonds. The number of fused-ring (bicyclic) bond motifs is 1. The zero-order valence-corrected chi connectivity index (χ0v) is 16.0. The summed E-state index contributed by atoms with van der Waals surface area (Å²) in [7, 11) is 0. The third kappa shape index (κ3) is 3.37. The molecule has 0 saturated carbocycles. The molecule has 1 aliphatic rings. The number of para-hydroxylation sites is 2. The van der Waals surface area contributed by atoms with E-state index in [9.17, 15) is 0 Å². The average Bonchev–Trinajstić information content (AvgIpc) is 2.65. The molecule has 1 heterocycles. The molecular formula is C22H31BN2. The van der Waals surface area contributed by atoms with Gasteiger partial charge in [-0.15, -0.1) is 18.1 Å². The fraction of sp³-hybridized carbons (Fsp3) is 0.409. The standard InChI is InChI=1S/C22H31BN2/c1-4-6-17-23(18-7-5-2)21-15-11-12-16-22(21)24-19(3)25(23)20-13-9-8-10-14-20/h8-16,24H,4-7,17-18H2,1-3H3. The van der Waals surface area contributed by atoms with Crippen LogP contribution in [0.15, 0.2) is 54.6 Å². The van der Waals surface area contributed by atoms with E-state index in [1.165, 1.54) is 61.0 Å². The number of benzene rings is 2. The van der Waals surface area contributed by atoms with Crippen LogP contribution < -0.4 is 10.8 Å². The van der Waals surface area contributed by atoms with Crippen LogP contribution >= 0.6 is 0 Å². The van der Waals surface area contributed by atoms with Gasteiger partial charge in [0.25, 0.3) is 0 Å². The average molecular weight is 334 g/mol. The maximum atomic E-state index is 3.67. The van der Waals surface area contributed by atoms with Gasteiger partial charge in [0.15, 0.2) is 0 Å². The van der Waals surface area contributed by atoms with Crippen molar-refractivity contribution in [2.75, 3.05) is 5.32 Å². The maximum absolute atomic E-state index is 3.67. The van der Waals surface area contributed by atoms with Crippen molar-refractivity contribution in [3.8, 4) is 0 Å². The van der Waals surface area contributed by atoms with Gasteiger partial charge in [-0.1, -0.05) is 75.9 Å². The van der Waals surface area contributed by atoms with E-state index in [0.29, 0.717) is 0 Å².